The van der Waals surface area contributed by atoms with Gasteiger partial charge in [0.1, 0.15) is 0 Å². The van der Waals surface area contributed by atoms with Crippen LogP contribution in [0.15, 0.2) is 34.5 Å². The smallest absolute Gasteiger partial charge is 0.185 e. The lowest BCUT2D eigenvalue weighted by Gasteiger charge is -2.01. The molecular weight excluding hydrogens is 276 g/mol. The van der Waals surface area contributed by atoms with Gasteiger partial charge in [-0.25, -0.2) is 9.50 Å². The number of anilines is 1. The van der Waals surface area contributed by atoms with E-state index in [2.05, 4.69) is 26.4 Å². The molecule has 0 spiro atoms. The summed E-state index contributed by atoms with van der Waals surface area (Å²) < 4.78 is 1.69. The highest BCUT2D eigenvalue weighted by Crippen LogP contribution is 2.30. The Hall–Kier alpha value is -2.76. The lowest BCUT2D eigenvalue weighted by atomic mass is 10.1. The first-order valence-electron chi connectivity index (χ1n) is 7.07. The highest BCUT2D eigenvalue weighted by molar-refractivity contribution is 5.75. The zero-order valence-corrected chi connectivity index (χ0v) is 13.1. The maximum Gasteiger partial charge on any atom is 0.185 e. The molecule has 0 fully saturated rings. The predicted octanol–water partition coefficient (Wildman–Crippen LogP) is 3.96. The minimum Gasteiger partial charge on any atom is -0.380 e. The molecule has 0 aliphatic heterocycles. The van der Waals surface area contributed by atoms with Crippen molar-refractivity contribution >= 4 is 22.8 Å². The van der Waals surface area contributed by atoms with Gasteiger partial charge in [-0.05, 0) is 45.4 Å². The van der Waals surface area contributed by atoms with Crippen LogP contribution in [0.5, 0.6) is 0 Å². The summed E-state index contributed by atoms with van der Waals surface area (Å²) in [5, 5.41) is 12.9. The van der Waals surface area contributed by atoms with Crippen molar-refractivity contribution in [1.82, 2.24) is 14.6 Å². The topological polar surface area (TPSA) is 80.9 Å². The summed E-state index contributed by atoms with van der Waals surface area (Å²) in [6.45, 7) is 7.94. The van der Waals surface area contributed by atoms with E-state index in [1.165, 1.54) is 5.56 Å². The Morgan fingerprint density at radius 3 is 2.55 bits per heavy atom. The highest BCUT2D eigenvalue weighted by Gasteiger charge is 2.13. The van der Waals surface area contributed by atoms with Gasteiger partial charge >= 0.3 is 0 Å². The van der Waals surface area contributed by atoms with Crippen LogP contribution in [0, 0.1) is 27.7 Å². The van der Waals surface area contributed by atoms with Gasteiger partial charge in [0, 0.05) is 11.4 Å². The van der Waals surface area contributed by atoms with Crippen LogP contribution in [-0.2, 0) is 0 Å². The molecular formula is C16H18N6. The Bertz CT molecular complexity index is 891. The van der Waals surface area contributed by atoms with Crippen LogP contribution in [0.1, 0.15) is 22.5 Å². The standard InChI is InChI=1S/C16H18N6/c1-9-5-6-13(10(2)7-9)19-20-14-15(17)21-22-12(4)8-11(3)18-16(14)22/h5-8H,1-4H3,(H2,17,21). The van der Waals surface area contributed by atoms with E-state index in [0.717, 1.165) is 22.6 Å². The molecule has 6 heteroatoms. The molecule has 112 valence electrons. The van der Waals surface area contributed by atoms with E-state index < -0.39 is 0 Å². The van der Waals surface area contributed by atoms with Crippen molar-refractivity contribution in [3.8, 4) is 0 Å². The van der Waals surface area contributed by atoms with Crippen LogP contribution in [0.3, 0.4) is 0 Å². The van der Waals surface area contributed by atoms with E-state index in [9.17, 15) is 0 Å². The maximum absolute atomic E-state index is 5.97. The van der Waals surface area contributed by atoms with Gasteiger partial charge in [-0.2, -0.15) is 5.11 Å². The third-order valence-corrected chi connectivity index (χ3v) is 3.51. The molecule has 0 radical (unpaired) electrons. The number of nitrogens with two attached hydrogens (primary N) is 1. The second-order valence-electron chi connectivity index (χ2n) is 5.50. The van der Waals surface area contributed by atoms with E-state index >= 15 is 0 Å². The van der Waals surface area contributed by atoms with Gasteiger partial charge in [-0.15, -0.1) is 10.2 Å². The van der Waals surface area contributed by atoms with Gasteiger partial charge in [-0.3, -0.25) is 0 Å². The van der Waals surface area contributed by atoms with Gasteiger partial charge in [0.25, 0.3) is 0 Å². The minimum atomic E-state index is 0.328. The Kier molecular flexibility index (Phi) is 3.36. The number of hydrogen-bond donors (Lipinski definition) is 1. The Balaban J connectivity index is 2.10. The van der Waals surface area contributed by atoms with E-state index in [-0.39, 0.29) is 0 Å². The SMILES string of the molecule is Cc1ccc(N=Nc2c(N)nn3c(C)cc(C)nc23)c(C)c1. The monoisotopic (exact) mass is 294 g/mol. The number of aromatic nitrogens is 3. The number of azo groups is 1. The lowest BCUT2D eigenvalue weighted by molar-refractivity contribution is 0.890. The predicted molar refractivity (Wildman–Crippen MR) is 87.0 cm³/mol. The maximum atomic E-state index is 5.97. The molecule has 2 N–H and O–H groups in total. The largest absolute Gasteiger partial charge is 0.380 e. The normalized spacial score (nSPS) is 11.6. The van der Waals surface area contributed by atoms with Crippen molar-refractivity contribution in [2.75, 3.05) is 5.73 Å². The first kappa shape index (κ1) is 14.2. The summed E-state index contributed by atoms with van der Waals surface area (Å²) in [5.41, 5.74) is 12.0. The number of hydrogen-bond acceptors (Lipinski definition) is 5. The molecule has 2 aromatic heterocycles. The summed E-state index contributed by atoms with van der Waals surface area (Å²) in [7, 11) is 0. The first-order valence-corrected chi connectivity index (χ1v) is 7.07. The molecule has 0 aliphatic carbocycles. The minimum absolute atomic E-state index is 0.328. The van der Waals surface area contributed by atoms with Crippen LogP contribution in [0.4, 0.5) is 17.2 Å². The van der Waals surface area contributed by atoms with Gasteiger partial charge in [-0.1, -0.05) is 17.7 Å². The van der Waals surface area contributed by atoms with Crippen molar-refractivity contribution in [2.45, 2.75) is 27.7 Å². The third-order valence-electron chi connectivity index (χ3n) is 3.51. The average molecular weight is 294 g/mol. The summed E-state index contributed by atoms with van der Waals surface area (Å²) in [4.78, 5) is 4.47. The van der Waals surface area contributed by atoms with Gasteiger partial charge in [0.05, 0.1) is 5.69 Å². The summed E-state index contributed by atoms with van der Waals surface area (Å²) in [6, 6.07) is 7.97. The zero-order chi connectivity index (χ0) is 15.9. The van der Waals surface area contributed by atoms with Gasteiger partial charge in [0.2, 0.25) is 0 Å². The summed E-state index contributed by atoms with van der Waals surface area (Å²) in [5.74, 6) is 0.328. The van der Waals surface area contributed by atoms with Crippen LogP contribution >= 0.6 is 0 Å². The summed E-state index contributed by atoms with van der Waals surface area (Å²) >= 11 is 0. The number of nitrogens with zero attached hydrogens (tertiary/aromatic N) is 5. The fourth-order valence-corrected chi connectivity index (χ4v) is 2.44. The fraction of sp³-hybridized carbons (Fsp3) is 0.250. The van der Waals surface area contributed by atoms with E-state index in [1.54, 1.807) is 4.52 Å². The number of aryl methyl sites for hydroxylation is 4. The van der Waals surface area contributed by atoms with Crippen LogP contribution in [0.25, 0.3) is 5.65 Å². The first-order chi connectivity index (χ1) is 10.5. The molecule has 3 rings (SSSR count). The lowest BCUT2D eigenvalue weighted by Crippen LogP contribution is -1.97. The molecule has 0 amide bonds. The highest BCUT2D eigenvalue weighted by atomic mass is 15.3. The molecule has 0 saturated carbocycles. The second-order valence-corrected chi connectivity index (χ2v) is 5.50. The number of fused-ring (bicyclic) bond motifs is 1. The Morgan fingerprint density at radius 2 is 1.82 bits per heavy atom. The molecule has 0 saturated heterocycles. The fourth-order valence-electron chi connectivity index (χ4n) is 2.44. The number of nitrogen functional groups attached to an aromatic ring is 1. The number of benzene rings is 1. The van der Waals surface area contributed by atoms with Gasteiger partial charge < -0.3 is 5.73 Å². The van der Waals surface area contributed by atoms with E-state index in [4.69, 9.17) is 5.73 Å². The second kappa shape index (κ2) is 5.22. The van der Waals surface area contributed by atoms with Crippen molar-refractivity contribution < 1.29 is 0 Å². The molecule has 22 heavy (non-hydrogen) atoms. The molecule has 0 bridgehead atoms. The average Bonchev–Trinajstić information content (AvgIpc) is 2.75. The molecule has 0 aliphatic rings. The van der Waals surface area contributed by atoms with Crippen molar-refractivity contribution in [2.24, 2.45) is 10.2 Å². The molecule has 2 heterocycles. The third kappa shape index (κ3) is 2.43. The van der Waals surface area contributed by atoms with Crippen LogP contribution in [-0.4, -0.2) is 14.6 Å². The molecule has 0 atom stereocenters. The van der Waals surface area contributed by atoms with Crippen molar-refractivity contribution in [3.63, 3.8) is 0 Å². The molecule has 1 aromatic carbocycles. The summed E-state index contributed by atoms with van der Waals surface area (Å²) in [6.07, 6.45) is 0. The van der Waals surface area contributed by atoms with E-state index in [1.807, 2.05) is 45.9 Å². The molecule has 0 unspecified atom stereocenters. The number of rotatable bonds is 2. The Labute approximate surface area is 128 Å². The van der Waals surface area contributed by atoms with Gasteiger partial charge in [0.15, 0.2) is 17.2 Å². The Morgan fingerprint density at radius 1 is 1.05 bits per heavy atom. The quantitative estimate of drug-likeness (QED) is 0.726. The van der Waals surface area contributed by atoms with Crippen LogP contribution in [0.2, 0.25) is 0 Å². The zero-order valence-electron chi connectivity index (χ0n) is 13.1. The van der Waals surface area contributed by atoms with Crippen LogP contribution < -0.4 is 5.73 Å². The molecule has 3 aromatic rings. The van der Waals surface area contributed by atoms with Crippen molar-refractivity contribution in [3.05, 3.63) is 46.8 Å². The van der Waals surface area contributed by atoms with Crippen molar-refractivity contribution in [1.29, 1.82) is 0 Å². The molecule has 6 nitrogen and oxygen atoms in total. The van der Waals surface area contributed by atoms with E-state index in [0.29, 0.717) is 17.2 Å².